The van der Waals surface area contributed by atoms with Gasteiger partial charge in [0, 0.05) is 13.1 Å². The van der Waals surface area contributed by atoms with Gasteiger partial charge in [-0.2, -0.15) is 9.61 Å². The SMILES string of the molecule is Oc1c([C@@H](c2cc(F)c(F)c(F)c2)N2CCOCC2)sc2ncnn12. The molecular formula is C15H13F3N4O2S. The Balaban J connectivity index is 1.87. The van der Waals surface area contributed by atoms with Crippen molar-refractivity contribution < 1.29 is 23.0 Å². The van der Waals surface area contributed by atoms with Crippen molar-refractivity contribution in [3.63, 3.8) is 0 Å². The summed E-state index contributed by atoms with van der Waals surface area (Å²) in [6.45, 7) is 1.89. The van der Waals surface area contributed by atoms with Gasteiger partial charge in [0.1, 0.15) is 6.33 Å². The molecule has 10 heteroatoms. The third kappa shape index (κ3) is 2.75. The van der Waals surface area contributed by atoms with E-state index in [-0.39, 0.29) is 11.4 Å². The maximum atomic E-state index is 13.8. The van der Waals surface area contributed by atoms with Crippen LogP contribution >= 0.6 is 11.3 Å². The van der Waals surface area contributed by atoms with Gasteiger partial charge in [0.25, 0.3) is 0 Å². The van der Waals surface area contributed by atoms with Crippen LogP contribution in [-0.2, 0) is 4.74 Å². The van der Waals surface area contributed by atoms with Crippen molar-refractivity contribution in [1.82, 2.24) is 19.5 Å². The molecular weight excluding hydrogens is 357 g/mol. The van der Waals surface area contributed by atoms with E-state index in [9.17, 15) is 18.3 Å². The topological polar surface area (TPSA) is 62.9 Å². The number of hydrogen-bond donors (Lipinski definition) is 1. The van der Waals surface area contributed by atoms with E-state index < -0.39 is 23.5 Å². The number of fused-ring (bicyclic) bond motifs is 1. The highest BCUT2D eigenvalue weighted by atomic mass is 32.1. The summed E-state index contributed by atoms with van der Waals surface area (Å²) in [7, 11) is 0. The summed E-state index contributed by atoms with van der Waals surface area (Å²) in [6, 6.07) is 1.24. The summed E-state index contributed by atoms with van der Waals surface area (Å²) in [5, 5.41) is 14.4. The average molecular weight is 370 g/mol. The smallest absolute Gasteiger partial charge is 0.230 e. The first kappa shape index (κ1) is 16.3. The molecule has 0 amide bonds. The molecule has 1 N–H and O–H groups in total. The van der Waals surface area contributed by atoms with Crippen LogP contribution in [0.25, 0.3) is 4.96 Å². The minimum Gasteiger partial charge on any atom is -0.492 e. The minimum absolute atomic E-state index is 0.154. The van der Waals surface area contributed by atoms with Crippen molar-refractivity contribution in [2.24, 2.45) is 0 Å². The highest BCUT2D eigenvalue weighted by molar-refractivity contribution is 7.17. The largest absolute Gasteiger partial charge is 0.492 e. The van der Waals surface area contributed by atoms with Crippen LogP contribution in [0.4, 0.5) is 13.2 Å². The Morgan fingerprint density at radius 2 is 1.84 bits per heavy atom. The van der Waals surface area contributed by atoms with Gasteiger partial charge in [-0.05, 0) is 17.7 Å². The quantitative estimate of drug-likeness (QED) is 0.717. The highest BCUT2D eigenvalue weighted by Crippen LogP contribution is 2.40. The fraction of sp³-hybridized carbons (Fsp3) is 0.333. The average Bonchev–Trinajstić information content (AvgIpc) is 3.18. The Kier molecular flexibility index (Phi) is 4.10. The number of morpholine rings is 1. The third-order valence-electron chi connectivity index (χ3n) is 4.12. The second kappa shape index (κ2) is 6.28. The lowest BCUT2D eigenvalue weighted by molar-refractivity contribution is 0.0240. The molecule has 25 heavy (non-hydrogen) atoms. The first-order chi connectivity index (χ1) is 12.1. The zero-order valence-corrected chi connectivity index (χ0v) is 13.6. The van der Waals surface area contributed by atoms with E-state index in [0.29, 0.717) is 36.1 Å². The second-order valence-corrected chi connectivity index (χ2v) is 6.60. The van der Waals surface area contributed by atoms with Gasteiger partial charge in [-0.3, -0.25) is 4.90 Å². The van der Waals surface area contributed by atoms with Crippen molar-refractivity contribution in [3.8, 4) is 5.88 Å². The van der Waals surface area contributed by atoms with E-state index in [1.807, 2.05) is 4.90 Å². The highest BCUT2D eigenvalue weighted by Gasteiger charge is 2.31. The molecule has 132 valence electrons. The molecule has 1 atom stereocenters. The number of rotatable bonds is 3. The van der Waals surface area contributed by atoms with Crippen LogP contribution in [0.2, 0.25) is 0 Å². The standard InChI is InChI=1S/C15H13F3N4O2S/c16-9-5-8(6-10(17)11(9)18)12(21-1-3-24-4-2-21)13-14(23)22-15(25-13)19-7-20-22/h5-7,12,23H,1-4H2/t12-/m1/s1. The van der Waals surface area contributed by atoms with Gasteiger partial charge in [-0.1, -0.05) is 11.3 Å². The molecule has 1 aliphatic rings. The Hall–Kier alpha value is -2.17. The van der Waals surface area contributed by atoms with E-state index in [0.717, 1.165) is 23.5 Å². The molecule has 3 aromatic rings. The molecule has 0 saturated carbocycles. The van der Waals surface area contributed by atoms with Gasteiger partial charge in [-0.15, -0.1) is 0 Å². The van der Waals surface area contributed by atoms with Crippen LogP contribution < -0.4 is 0 Å². The minimum atomic E-state index is -1.52. The van der Waals surface area contributed by atoms with Crippen molar-refractivity contribution in [2.45, 2.75) is 6.04 Å². The summed E-state index contributed by atoms with van der Waals surface area (Å²) >= 11 is 1.16. The van der Waals surface area contributed by atoms with Crippen LogP contribution in [0, 0.1) is 17.5 Å². The van der Waals surface area contributed by atoms with Gasteiger partial charge in [0.05, 0.1) is 24.1 Å². The number of benzene rings is 1. The molecule has 1 aliphatic heterocycles. The molecule has 1 aromatic carbocycles. The lowest BCUT2D eigenvalue weighted by Crippen LogP contribution is -2.39. The van der Waals surface area contributed by atoms with Crippen molar-refractivity contribution in [2.75, 3.05) is 26.3 Å². The van der Waals surface area contributed by atoms with Gasteiger partial charge < -0.3 is 9.84 Å². The summed E-state index contributed by atoms with van der Waals surface area (Å²) in [5.74, 6) is -4.21. The predicted octanol–water partition coefficient (Wildman–Crippen LogP) is 2.34. The van der Waals surface area contributed by atoms with Crippen LogP contribution in [0.1, 0.15) is 16.5 Å². The first-order valence-corrected chi connectivity index (χ1v) is 8.35. The fourth-order valence-corrected chi connectivity index (χ4v) is 4.06. The van der Waals surface area contributed by atoms with Crippen LogP contribution in [-0.4, -0.2) is 50.9 Å². The van der Waals surface area contributed by atoms with Crippen LogP contribution in [0.5, 0.6) is 5.88 Å². The molecule has 0 radical (unpaired) electrons. The first-order valence-electron chi connectivity index (χ1n) is 7.54. The van der Waals surface area contributed by atoms with E-state index in [4.69, 9.17) is 4.74 Å². The Morgan fingerprint density at radius 3 is 2.48 bits per heavy atom. The van der Waals surface area contributed by atoms with Gasteiger partial charge in [0.15, 0.2) is 17.5 Å². The van der Waals surface area contributed by atoms with Crippen LogP contribution in [0.15, 0.2) is 18.5 Å². The molecule has 0 aliphatic carbocycles. The Bertz CT molecular complexity index is 900. The van der Waals surface area contributed by atoms with Crippen molar-refractivity contribution >= 4 is 16.3 Å². The molecule has 0 spiro atoms. The maximum Gasteiger partial charge on any atom is 0.230 e. The number of nitrogens with zero attached hydrogens (tertiary/aromatic N) is 4. The molecule has 0 unspecified atom stereocenters. The zero-order chi connectivity index (χ0) is 17.6. The van der Waals surface area contributed by atoms with E-state index in [1.54, 1.807) is 0 Å². The molecule has 2 aromatic heterocycles. The van der Waals surface area contributed by atoms with Gasteiger partial charge in [0.2, 0.25) is 10.8 Å². The summed E-state index contributed by atoms with van der Waals surface area (Å²) in [6.07, 6.45) is 1.30. The van der Waals surface area contributed by atoms with Crippen molar-refractivity contribution in [3.05, 3.63) is 46.4 Å². The summed E-state index contributed by atoms with van der Waals surface area (Å²) in [5.41, 5.74) is 0.207. The lowest BCUT2D eigenvalue weighted by atomic mass is 10.0. The fourth-order valence-electron chi connectivity index (χ4n) is 2.97. The third-order valence-corrected chi connectivity index (χ3v) is 5.21. The number of aromatic nitrogens is 3. The summed E-state index contributed by atoms with van der Waals surface area (Å²) < 4.78 is 47.5. The van der Waals surface area contributed by atoms with Gasteiger partial charge >= 0.3 is 0 Å². The van der Waals surface area contributed by atoms with E-state index in [1.165, 1.54) is 10.8 Å². The number of hydrogen-bond acceptors (Lipinski definition) is 6. The van der Waals surface area contributed by atoms with E-state index in [2.05, 4.69) is 10.1 Å². The molecule has 1 saturated heterocycles. The van der Waals surface area contributed by atoms with Crippen LogP contribution in [0.3, 0.4) is 0 Å². The zero-order valence-electron chi connectivity index (χ0n) is 12.8. The molecule has 4 rings (SSSR count). The van der Waals surface area contributed by atoms with E-state index >= 15 is 0 Å². The Labute approximate surface area is 144 Å². The normalized spacial score (nSPS) is 17.2. The summed E-state index contributed by atoms with van der Waals surface area (Å²) in [4.78, 5) is 6.83. The molecule has 3 heterocycles. The predicted molar refractivity (Wildman–Crippen MR) is 83.1 cm³/mol. The molecule has 0 bridgehead atoms. The lowest BCUT2D eigenvalue weighted by Gasteiger charge is -2.34. The monoisotopic (exact) mass is 370 g/mol. The second-order valence-electron chi connectivity index (χ2n) is 5.59. The number of ether oxygens (including phenoxy) is 1. The van der Waals surface area contributed by atoms with Crippen molar-refractivity contribution in [1.29, 1.82) is 0 Å². The van der Waals surface area contributed by atoms with Gasteiger partial charge in [-0.25, -0.2) is 18.2 Å². The Morgan fingerprint density at radius 1 is 1.16 bits per heavy atom. The molecule has 1 fully saturated rings. The maximum absolute atomic E-state index is 13.8. The number of thiazole rings is 1. The number of aromatic hydroxyl groups is 1. The number of halogens is 3. The molecule has 6 nitrogen and oxygen atoms in total.